The molecule has 0 radical (unpaired) electrons. The van der Waals surface area contributed by atoms with Crippen LogP contribution in [0.25, 0.3) is 0 Å². The number of halogens is 1. The lowest BCUT2D eigenvalue weighted by Crippen LogP contribution is -2.47. The van der Waals surface area contributed by atoms with E-state index in [9.17, 15) is 0 Å². The zero-order valence-electron chi connectivity index (χ0n) is 9.86. The first kappa shape index (κ1) is 12.4. The highest BCUT2D eigenvalue weighted by atomic mass is 79.9. The predicted molar refractivity (Wildman–Crippen MR) is 78.0 cm³/mol. The van der Waals surface area contributed by atoms with Gasteiger partial charge in [0.15, 0.2) is 0 Å². The molecule has 0 amide bonds. The molecule has 1 aromatic heterocycles. The molecule has 0 unspecified atom stereocenters. The van der Waals surface area contributed by atoms with Gasteiger partial charge in [-0.3, -0.25) is 0 Å². The highest BCUT2D eigenvalue weighted by molar-refractivity contribution is 9.11. The van der Waals surface area contributed by atoms with Crippen molar-refractivity contribution in [2.24, 2.45) is 5.73 Å². The molecule has 4 heteroatoms. The summed E-state index contributed by atoms with van der Waals surface area (Å²) in [6.45, 7) is 2.12. The molecule has 0 saturated carbocycles. The second kappa shape index (κ2) is 4.78. The van der Waals surface area contributed by atoms with Gasteiger partial charge in [0.25, 0.3) is 0 Å². The molecule has 2 N–H and O–H groups in total. The summed E-state index contributed by atoms with van der Waals surface area (Å²) in [6, 6.07) is 12.9. The van der Waals surface area contributed by atoms with E-state index in [1.807, 2.05) is 0 Å². The van der Waals surface area contributed by atoms with Gasteiger partial charge in [0, 0.05) is 11.4 Å². The Morgan fingerprint density at radius 3 is 2.33 bits per heavy atom. The third-order valence-corrected chi connectivity index (χ3v) is 5.31. The van der Waals surface area contributed by atoms with Crippen molar-refractivity contribution in [3.05, 3.63) is 56.2 Å². The van der Waals surface area contributed by atoms with Crippen LogP contribution >= 0.6 is 27.3 Å². The van der Waals surface area contributed by atoms with Crippen molar-refractivity contribution >= 4 is 27.3 Å². The minimum Gasteiger partial charge on any atom is -0.379 e. The Kier molecular flexibility index (Phi) is 3.28. The minimum absolute atomic E-state index is 0.0455. The normalized spacial score (nSPS) is 17.4. The number of benzene rings is 1. The number of hydrogen-bond donors (Lipinski definition) is 1. The third-order valence-electron chi connectivity index (χ3n) is 3.48. The smallest absolute Gasteiger partial charge is 0.0763 e. The van der Waals surface area contributed by atoms with Gasteiger partial charge >= 0.3 is 0 Å². The molecule has 1 aliphatic heterocycles. The van der Waals surface area contributed by atoms with E-state index in [0.29, 0.717) is 6.54 Å². The fraction of sp³-hybridized carbons (Fsp3) is 0.286. The summed E-state index contributed by atoms with van der Waals surface area (Å²) in [5.74, 6) is 0. The monoisotopic (exact) mass is 323 g/mol. The molecule has 2 nitrogen and oxygen atoms in total. The first-order chi connectivity index (χ1) is 8.74. The first-order valence-corrected chi connectivity index (χ1v) is 7.49. The van der Waals surface area contributed by atoms with E-state index in [-0.39, 0.29) is 5.41 Å². The number of rotatable bonds is 3. The molecular weight excluding hydrogens is 310 g/mol. The number of thiophene rings is 1. The molecule has 3 rings (SSSR count). The zero-order chi connectivity index (χ0) is 12.6. The van der Waals surface area contributed by atoms with E-state index in [4.69, 9.17) is 10.5 Å². The van der Waals surface area contributed by atoms with Crippen LogP contribution in [0.5, 0.6) is 0 Å². The Bertz CT molecular complexity index is 545. The lowest BCUT2D eigenvalue weighted by molar-refractivity contribution is -0.0362. The van der Waals surface area contributed by atoms with E-state index in [1.165, 1.54) is 19.8 Å². The van der Waals surface area contributed by atoms with Crippen LogP contribution in [0, 0.1) is 0 Å². The summed E-state index contributed by atoms with van der Waals surface area (Å²) < 4.78 is 6.65. The molecule has 0 bridgehead atoms. The van der Waals surface area contributed by atoms with Gasteiger partial charge in [0.2, 0.25) is 0 Å². The molecule has 1 aromatic carbocycles. The van der Waals surface area contributed by atoms with Crippen molar-refractivity contribution in [3.63, 3.8) is 0 Å². The fourth-order valence-electron chi connectivity index (χ4n) is 2.29. The van der Waals surface area contributed by atoms with Gasteiger partial charge in [-0.25, -0.2) is 0 Å². The van der Waals surface area contributed by atoms with Crippen molar-refractivity contribution in [3.8, 4) is 0 Å². The molecule has 94 valence electrons. The Labute approximate surface area is 119 Å². The van der Waals surface area contributed by atoms with E-state index >= 15 is 0 Å². The van der Waals surface area contributed by atoms with Crippen LogP contribution in [-0.2, 0) is 16.7 Å². The SMILES string of the molecule is NCc1ccc(C2(c3ccc(Br)s3)COC2)cc1. The molecule has 2 heterocycles. The molecule has 1 saturated heterocycles. The molecular formula is C14H14BrNOS. The second-order valence-corrected chi connectivity index (χ2v) is 7.04. The van der Waals surface area contributed by atoms with Crippen LogP contribution in [0.3, 0.4) is 0 Å². The maximum atomic E-state index is 5.64. The number of hydrogen-bond acceptors (Lipinski definition) is 3. The summed E-state index contributed by atoms with van der Waals surface area (Å²) in [4.78, 5) is 1.36. The van der Waals surface area contributed by atoms with Crippen LogP contribution < -0.4 is 5.73 Å². The van der Waals surface area contributed by atoms with E-state index in [1.54, 1.807) is 11.3 Å². The van der Waals surface area contributed by atoms with Gasteiger partial charge in [-0.15, -0.1) is 11.3 Å². The van der Waals surface area contributed by atoms with Crippen molar-refractivity contribution in [1.82, 2.24) is 0 Å². The quantitative estimate of drug-likeness (QED) is 0.940. The largest absolute Gasteiger partial charge is 0.379 e. The van der Waals surface area contributed by atoms with Crippen LogP contribution in [0.15, 0.2) is 40.2 Å². The minimum atomic E-state index is 0.0455. The third kappa shape index (κ3) is 1.93. The maximum absolute atomic E-state index is 5.64. The number of ether oxygens (including phenoxy) is 1. The van der Waals surface area contributed by atoms with Crippen molar-refractivity contribution in [1.29, 1.82) is 0 Å². The van der Waals surface area contributed by atoms with Crippen molar-refractivity contribution in [2.75, 3.05) is 13.2 Å². The average Bonchev–Trinajstić information content (AvgIpc) is 2.76. The van der Waals surface area contributed by atoms with Crippen molar-refractivity contribution in [2.45, 2.75) is 12.0 Å². The molecule has 18 heavy (non-hydrogen) atoms. The Hall–Kier alpha value is -0.680. The summed E-state index contributed by atoms with van der Waals surface area (Å²) in [6.07, 6.45) is 0. The van der Waals surface area contributed by atoms with Gasteiger partial charge in [-0.1, -0.05) is 24.3 Å². The van der Waals surface area contributed by atoms with Crippen LogP contribution in [0.1, 0.15) is 16.0 Å². The van der Waals surface area contributed by atoms with Gasteiger partial charge in [0.05, 0.1) is 22.4 Å². The van der Waals surface area contributed by atoms with Crippen LogP contribution in [0.4, 0.5) is 0 Å². The topological polar surface area (TPSA) is 35.2 Å². The fourth-order valence-corrected chi connectivity index (χ4v) is 3.86. The van der Waals surface area contributed by atoms with E-state index in [0.717, 1.165) is 13.2 Å². The van der Waals surface area contributed by atoms with Gasteiger partial charge in [-0.05, 0) is 39.2 Å². The molecule has 1 aliphatic rings. The Balaban J connectivity index is 2.00. The molecule has 0 atom stereocenters. The standard InChI is InChI=1S/C14H14BrNOS/c15-13-6-5-12(18-13)14(8-17-9-14)11-3-1-10(7-16)2-4-11/h1-6H,7-9,16H2. The van der Waals surface area contributed by atoms with Gasteiger partial charge < -0.3 is 10.5 Å². The lowest BCUT2D eigenvalue weighted by Gasteiger charge is -2.41. The molecule has 0 spiro atoms. The molecule has 1 fully saturated rings. The summed E-state index contributed by atoms with van der Waals surface area (Å²) in [7, 11) is 0. The highest BCUT2D eigenvalue weighted by Crippen LogP contribution is 2.43. The first-order valence-electron chi connectivity index (χ1n) is 5.88. The van der Waals surface area contributed by atoms with Crippen LogP contribution in [0.2, 0.25) is 0 Å². The van der Waals surface area contributed by atoms with Gasteiger partial charge in [0.1, 0.15) is 0 Å². The zero-order valence-corrected chi connectivity index (χ0v) is 12.3. The molecule has 0 aliphatic carbocycles. The highest BCUT2D eigenvalue weighted by Gasteiger charge is 2.43. The number of nitrogens with two attached hydrogens (primary N) is 1. The predicted octanol–water partition coefficient (Wildman–Crippen LogP) is 3.29. The lowest BCUT2D eigenvalue weighted by atomic mass is 9.77. The van der Waals surface area contributed by atoms with E-state index in [2.05, 4.69) is 52.3 Å². The second-order valence-electron chi connectivity index (χ2n) is 4.58. The van der Waals surface area contributed by atoms with Crippen molar-refractivity contribution < 1.29 is 4.74 Å². The van der Waals surface area contributed by atoms with Crippen LogP contribution in [-0.4, -0.2) is 13.2 Å². The maximum Gasteiger partial charge on any atom is 0.0763 e. The summed E-state index contributed by atoms with van der Waals surface area (Å²) in [5.41, 5.74) is 8.17. The summed E-state index contributed by atoms with van der Waals surface area (Å²) >= 11 is 5.32. The molecule has 2 aromatic rings. The van der Waals surface area contributed by atoms with E-state index < -0.39 is 0 Å². The van der Waals surface area contributed by atoms with Gasteiger partial charge in [-0.2, -0.15) is 0 Å². The summed E-state index contributed by atoms with van der Waals surface area (Å²) in [5, 5.41) is 0. The average molecular weight is 324 g/mol. The Morgan fingerprint density at radius 1 is 1.17 bits per heavy atom. The Morgan fingerprint density at radius 2 is 1.89 bits per heavy atom.